The SMILES string of the molecule is CC(Nc1cccc(-c2nncn2C)c1)c1ccc(Cl)s1. The zero-order valence-electron chi connectivity index (χ0n) is 11.7. The number of aromatic nitrogens is 3. The lowest BCUT2D eigenvalue weighted by molar-refractivity contribution is 0.906. The first kappa shape index (κ1) is 14.1. The van der Waals surface area contributed by atoms with Crippen LogP contribution in [-0.4, -0.2) is 14.8 Å². The van der Waals surface area contributed by atoms with Crippen molar-refractivity contribution in [3.63, 3.8) is 0 Å². The van der Waals surface area contributed by atoms with Gasteiger partial charge in [0.1, 0.15) is 6.33 Å². The van der Waals surface area contributed by atoms with E-state index in [1.807, 2.05) is 35.9 Å². The Bertz CT molecular complexity index is 749. The minimum atomic E-state index is 0.206. The van der Waals surface area contributed by atoms with Crippen molar-refractivity contribution in [2.24, 2.45) is 7.05 Å². The van der Waals surface area contributed by atoms with Gasteiger partial charge in [0.15, 0.2) is 5.82 Å². The first-order valence-electron chi connectivity index (χ1n) is 6.59. The van der Waals surface area contributed by atoms with Crippen molar-refractivity contribution in [2.45, 2.75) is 13.0 Å². The van der Waals surface area contributed by atoms with Gasteiger partial charge in [-0.15, -0.1) is 21.5 Å². The minimum absolute atomic E-state index is 0.206. The minimum Gasteiger partial charge on any atom is -0.378 e. The third-order valence-corrected chi connectivity index (χ3v) is 4.65. The van der Waals surface area contributed by atoms with Crippen molar-refractivity contribution in [1.82, 2.24) is 14.8 Å². The molecule has 1 N–H and O–H groups in total. The fourth-order valence-electron chi connectivity index (χ4n) is 2.17. The third kappa shape index (κ3) is 3.09. The van der Waals surface area contributed by atoms with E-state index in [1.165, 1.54) is 4.88 Å². The quantitative estimate of drug-likeness (QED) is 0.776. The molecule has 108 valence electrons. The maximum atomic E-state index is 5.99. The highest BCUT2D eigenvalue weighted by Gasteiger charge is 2.10. The van der Waals surface area contributed by atoms with Crippen LogP contribution in [0.3, 0.4) is 0 Å². The number of aryl methyl sites for hydroxylation is 1. The standard InChI is InChI=1S/C15H15ClN4S/c1-10(13-6-7-14(16)21-13)18-12-5-3-4-11(8-12)15-19-17-9-20(15)2/h3-10,18H,1-2H3. The van der Waals surface area contributed by atoms with Gasteiger partial charge in [-0.25, -0.2) is 0 Å². The van der Waals surface area contributed by atoms with Gasteiger partial charge < -0.3 is 9.88 Å². The Labute approximate surface area is 132 Å². The molecule has 0 aliphatic rings. The predicted octanol–water partition coefficient (Wildman–Crippen LogP) is 4.37. The number of benzene rings is 1. The largest absolute Gasteiger partial charge is 0.378 e. The molecular weight excluding hydrogens is 304 g/mol. The summed E-state index contributed by atoms with van der Waals surface area (Å²) in [5.41, 5.74) is 2.09. The topological polar surface area (TPSA) is 42.7 Å². The highest BCUT2D eigenvalue weighted by Crippen LogP contribution is 2.29. The van der Waals surface area contributed by atoms with Crippen LogP contribution in [0.15, 0.2) is 42.7 Å². The van der Waals surface area contributed by atoms with E-state index in [1.54, 1.807) is 17.7 Å². The van der Waals surface area contributed by atoms with Gasteiger partial charge in [-0.3, -0.25) is 0 Å². The van der Waals surface area contributed by atoms with Gasteiger partial charge in [0, 0.05) is 23.2 Å². The summed E-state index contributed by atoms with van der Waals surface area (Å²) < 4.78 is 2.72. The molecule has 0 bridgehead atoms. The number of hydrogen-bond acceptors (Lipinski definition) is 4. The predicted molar refractivity (Wildman–Crippen MR) is 87.8 cm³/mol. The first-order valence-corrected chi connectivity index (χ1v) is 7.79. The van der Waals surface area contributed by atoms with Crippen molar-refractivity contribution in [3.05, 3.63) is 51.9 Å². The molecule has 0 spiro atoms. The monoisotopic (exact) mass is 318 g/mol. The lowest BCUT2D eigenvalue weighted by atomic mass is 10.1. The number of nitrogens with zero attached hydrogens (tertiary/aromatic N) is 3. The van der Waals surface area contributed by atoms with Gasteiger partial charge in [0.25, 0.3) is 0 Å². The van der Waals surface area contributed by atoms with E-state index in [0.29, 0.717) is 0 Å². The van der Waals surface area contributed by atoms with E-state index in [4.69, 9.17) is 11.6 Å². The van der Waals surface area contributed by atoms with Gasteiger partial charge in [-0.1, -0.05) is 23.7 Å². The Kier molecular flexibility index (Phi) is 3.94. The number of thiophene rings is 1. The summed E-state index contributed by atoms with van der Waals surface area (Å²) in [5.74, 6) is 0.852. The van der Waals surface area contributed by atoms with Crippen molar-refractivity contribution < 1.29 is 0 Å². The Morgan fingerprint density at radius 2 is 2.14 bits per heavy atom. The second kappa shape index (κ2) is 5.87. The van der Waals surface area contributed by atoms with Crippen LogP contribution in [-0.2, 0) is 7.05 Å². The van der Waals surface area contributed by atoms with Crippen LogP contribution in [0.2, 0.25) is 4.34 Å². The lowest BCUT2D eigenvalue weighted by Crippen LogP contribution is -2.04. The summed E-state index contributed by atoms with van der Waals surface area (Å²) in [6.45, 7) is 2.12. The van der Waals surface area contributed by atoms with Crippen LogP contribution >= 0.6 is 22.9 Å². The van der Waals surface area contributed by atoms with Crippen LogP contribution in [0, 0.1) is 0 Å². The summed E-state index contributed by atoms with van der Waals surface area (Å²) in [4.78, 5) is 1.21. The highest BCUT2D eigenvalue weighted by molar-refractivity contribution is 7.16. The zero-order chi connectivity index (χ0) is 14.8. The normalized spacial score (nSPS) is 12.3. The van der Waals surface area contributed by atoms with E-state index >= 15 is 0 Å². The van der Waals surface area contributed by atoms with Crippen LogP contribution < -0.4 is 5.32 Å². The van der Waals surface area contributed by atoms with Crippen LogP contribution in [0.1, 0.15) is 17.8 Å². The van der Waals surface area contributed by atoms with E-state index < -0.39 is 0 Å². The molecular formula is C15H15ClN4S. The molecule has 2 aromatic heterocycles. The maximum absolute atomic E-state index is 5.99. The summed E-state index contributed by atoms with van der Waals surface area (Å²) >= 11 is 7.59. The molecule has 0 saturated heterocycles. The molecule has 0 fully saturated rings. The second-order valence-electron chi connectivity index (χ2n) is 4.85. The molecule has 2 heterocycles. The number of nitrogens with one attached hydrogen (secondary N) is 1. The zero-order valence-corrected chi connectivity index (χ0v) is 13.3. The molecule has 3 rings (SSSR count). The van der Waals surface area contributed by atoms with Crippen molar-refractivity contribution in [1.29, 1.82) is 0 Å². The second-order valence-corrected chi connectivity index (χ2v) is 6.60. The average Bonchev–Trinajstić information content (AvgIpc) is 3.08. The summed E-state index contributed by atoms with van der Waals surface area (Å²) in [5, 5.41) is 11.5. The van der Waals surface area contributed by atoms with Crippen molar-refractivity contribution >= 4 is 28.6 Å². The molecule has 1 atom stereocenters. The number of hydrogen-bond donors (Lipinski definition) is 1. The molecule has 3 aromatic rings. The van der Waals surface area contributed by atoms with Crippen LogP contribution in [0.25, 0.3) is 11.4 Å². The van der Waals surface area contributed by atoms with Gasteiger partial charge in [0.05, 0.1) is 10.4 Å². The fraction of sp³-hybridized carbons (Fsp3) is 0.200. The number of rotatable bonds is 4. The molecule has 0 radical (unpaired) electrons. The molecule has 1 unspecified atom stereocenters. The molecule has 0 aliphatic carbocycles. The van der Waals surface area contributed by atoms with E-state index in [0.717, 1.165) is 21.4 Å². The van der Waals surface area contributed by atoms with E-state index in [9.17, 15) is 0 Å². The Balaban J connectivity index is 1.82. The molecule has 1 aromatic carbocycles. The Morgan fingerprint density at radius 1 is 1.29 bits per heavy atom. The van der Waals surface area contributed by atoms with Gasteiger partial charge in [0.2, 0.25) is 0 Å². The smallest absolute Gasteiger partial charge is 0.163 e. The number of halogens is 1. The van der Waals surface area contributed by atoms with Crippen LogP contribution in [0.4, 0.5) is 5.69 Å². The Hall–Kier alpha value is -1.85. The van der Waals surface area contributed by atoms with Gasteiger partial charge in [-0.05, 0) is 31.2 Å². The van der Waals surface area contributed by atoms with Crippen molar-refractivity contribution in [3.8, 4) is 11.4 Å². The average molecular weight is 319 g/mol. The molecule has 6 heteroatoms. The Morgan fingerprint density at radius 3 is 2.81 bits per heavy atom. The van der Waals surface area contributed by atoms with Gasteiger partial charge in [-0.2, -0.15) is 0 Å². The number of anilines is 1. The van der Waals surface area contributed by atoms with E-state index in [-0.39, 0.29) is 6.04 Å². The maximum Gasteiger partial charge on any atom is 0.163 e. The molecule has 4 nitrogen and oxygen atoms in total. The summed E-state index contributed by atoms with van der Waals surface area (Å²) in [7, 11) is 1.94. The molecule has 0 saturated carbocycles. The molecule has 0 amide bonds. The molecule has 21 heavy (non-hydrogen) atoms. The third-order valence-electron chi connectivity index (χ3n) is 3.24. The van der Waals surface area contributed by atoms with E-state index in [2.05, 4.69) is 34.6 Å². The molecule has 0 aliphatic heterocycles. The summed E-state index contributed by atoms with van der Waals surface area (Å²) in [6, 6.07) is 12.4. The summed E-state index contributed by atoms with van der Waals surface area (Å²) in [6.07, 6.45) is 1.70. The highest BCUT2D eigenvalue weighted by atomic mass is 35.5. The van der Waals surface area contributed by atoms with Crippen LogP contribution in [0.5, 0.6) is 0 Å². The van der Waals surface area contributed by atoms with Crippen molar-refractivity contribution in [2.75, 3.05) is 5.32 Å². The first-order chi connectivity index (χ1) is 10.1. The van der Waals surface area contributed by atoms with Gasteiger partial charge >= 0.3 is 0 Å². The fourth-order valence-corrected chi connectivity index (χ4v) is 3.24. The lowest BCUT2D eigenvalue weighted by Gasteiger charge is -2.14.